The summed E-state index contributed by atoms with van der Waals surface area (Å²) in [6.07, 6.45) is 0. The van der Waals surface area contributed by atoms with Crippen molar-refractivity contribution >= 4 is 44.1 Å². The molecule has 1 saturated heterocycles. The van der Waals surface area contributed by atoms with Gasteiger partial charge < -0.3 is 14.5 Å². The minimum absolute atomic E-state index is 0.150. The lowest BCUT2D eigenvalue weighted by Gasteiger charge is -2.34. The third-order valence-electron chi connectivity index (χ3n) is 4.92. The molecular formula is C20H21BrN2O3S. The largest absolute Gasteiger partial charge is 0.451 e. The highest BCUT2D eigenvalue weighted by Gasteiger charge is 2.25. The average molecular weight is 449 g/mol. The van der Waals surface area contributed by atoms with Gasteiger partial charge in [0.2, 0.25) is 0 Å². The molecule has 3 aromatic rings. The summed E-state index contributed by atoms with van der Waals surface area (Å²) in [5, 5.41) is 6.11. The molecule has 1 aliphatic rings. The second kappa shape index (κ2) is 8.14. The summed E-state index contributed by atoms with van der Waals surface area (Å²) in [4.78, 5) is 16.4. The Bertz CT molecular complexity index is 932. The van der Waals surface area contributed by atoms with Gasteiger partial charge in [0, 0.05) is 39.9 Å². The lowest BCUT2D eigenvalue weighted by Crippen LogP contribution is -2.43. The number of hydrogen-bond donors (Lipinski definition) is 1. The van der Waals surface area contributed by atoms with Gasteiger partial charge >= 0.3 is 0 Å². The highest BCUT2D eigenvalue weighted by atomic mass is 79.9. The first kappa shape index (κ1) is 18.7. The van der Waals surface area contributed by atoms with Crippen LogP contribution in [-0.2, 0) is 4.74 Å². The standard InChI is InChI=1S/C20H21BrN2O3S/c1-13-15-11-14(21)4-5-17(15)26-19(13)20(24)22-12-16(18-3-2-10-27-18)23-6-8-25-9-7-23/h2-5,10-11,16H,6-9,12H2,1H3,(H,22,24)/t16-/m0/s1. The predicted molar refractivity (Wildman–Crippen MR) is 110 cm³/mol. The molecule has 0 bridgehead atoms. The van der Waals surface area contributed by atoms with E-state index < -0.39 is 0 Å². The zero-order chi connectivity index (χ0) is 18.8. The molecule has 0 unspecified atom stereocenters. The molecule has 1 amide bonds. The fourth-order valence-corrected chi connectivity index (χ4v) is 4.68. The van der Waals surface area contributed by atoms with Gasteiger partial charge in [-0.3, -0.25) is 9.69 Å². The number of morpholine rings is 1. The first-order valence-corrected chi connectivity index (χ1v) is 10.6. The van der Waals surface area contributed by atoms with Crippen molar-refractivity contribution in [2.24, 2.45) is 0 Å². The van der Waals surface area contributed by atoms with Crippen LogP contribution in [0.5, 0.6) is 0 Å². The van der Waals surface area contributed by atoms with Crippen LogP contribution in [0.4, 0.5) is 0 Å². The number of nitrogens with one attached hydrogen (secondary N) is 1. The molecule has 142 valence electrons. The van der Waals surface area contributed by atoms with E-state index in [0.717, 1.165) is 47.3 Å². The first-order chi connectivity index (χ1) is 13.1. The number of hydrogen-bond acceptors (Lipinski definition) is 5. The number of carbonyl (C=O) groups excluding carboxylic acids is 1. The van der Waals surface area contributed by atoms with Gasteiger partial charge in [0.25, 0.3) is 5.91 Å². The Labute approximate surface area is 170 Å². The number of carbonyl (C=O) groups is 1. The van der Waals surface area contributed by atoms with E-state index in [-0.39, 0.29) is 11.9 Å². The summed E-state index contributed by atoms with van der Waals surface area (Å²) in [5.41, 5.74) is 1.59. The van der Waals surface area contributed by atoms with Gasteiger partial charge in [-0.1, -0.05) is 22.0 Å². The molecule has 0 aliphatic carbocycles. The Morgan fingerprint density at radius 1 is 1.33 bits per heavy atom. The van der Waals surface area contributed by atoms with E-state index in [1.54, 1.807) is 11.3 Å². The van der Waals surface area contributed by atoms with Gasteiger partial charge in [-0.25, -0.2) is 0 Å². The van der Waals surface area contributed by atoms with Crippen molar-refractivity contribution in [3.8, 4) is 0 Å². The third-order valence-corrected chi connectivity index (χ3v) is 6.39. The van der Waals surface area contributed by atoms with Gasteiger partial charge in [-0.15, -0.1) is 11.3 Å². The molecule has 1 aliphatic heterocycles. The molecule has 0 spiro atoms. The number of nitrogens with zero attached hydrogens (tertiary/aromatic N) is 1. The Balaban J connectivity index is 1.52. The van der Waals surface area contributed by atoms with Crippen LogP contribution < -0.4 is 5.32 Å². The summed E-state index contributed by atoms with van der Waals surface area (Å²) < 4.78 is 12.3. The molecule has 0 radical (unpaired) electrons. The summed E-state index contributed by atoms with van der Waals surface area (Å²) in [7, 11) is 0. The SMILES string of the molecule is Cc1c(C(=O)NC[C@@H](c2cccs2)N2CCOCC2)oc2ccc(Br)cc12. The smallest absolute Gasteiger partial charge is 0.287 e. The second-order valence-electron chi connectivity index (χ2n) is 6.59. The van der Waals surface area contributed by atoms with Crippen molar-refractivity contribution < 1.29 is 13.9 Å². The van der Waals surface area contributed by atoms with Crippen molar-refractivity contribution in [1.29, 1.82) is 0 Å². The van der Waals surface area contributed by atoms with Crippen LogP contribution in [-0.4, -0.2) is 43.7 Å². The van der Waals surface area contributed by atoms with E-state index in [1.807, 2.05) is 25.1 Å². The van der Waals surface area contributed by atoms with Crippen LogP contribution in [0.25, 0.3) is 11.0 Å². The summed E-state index contributed by atoms with van der Waals surface area (Å²) >= 11 is 5.19. The zero-order valence-electron chi connectivity index (χ0n) is 15.0. The number of fused-ring (bicyclic) bond motifs is 1. The van der Waals surface area contributed by atoms with Gasteiger partial charge in [-0.2, -0.15) is 0 Å². The molecule has 5 nitrogen and oxygen atoms in total. The average Bonchev–Trinajstić information content (AvgIpc) is 3.32. The number of furan rings is 1. The van der Waals surface area contributed by atoms with E-state index >= 15 is 0 Å². The molecule has 1 fully saturated rings. The molecular weight excluding hydrogens is 428 g/mol. The monoisotopic (exact) mass is 448 g/mol. The second-order valence-corrected chi connectivity index (χ2v) is 8.48. The van der Waals surface area contributed by atoms with Crippen LogP contribution in [0.1, 0.15) is 27.0 Å². The number of benzene rings is 1. The number of aryl methyl sites for hydroxylation is 1. The summed E-state index contributed by atoms with van der Waals surface area (Å²) in [5.74, 6) is 0.213. The van der Waals surface area contributed by atoms with Gasteiger partial charge in [-0.05, 0) is 36.6 Å². The highest BCUT2D eigenvalue weighted by Crippen LogP contribution is 2.29. The molecule has 27 heavy (non-hydrogen) atoms. The van der Waals surface area contributed by atoms with Crippen molar-refractivity contribution in [2.75, 3.05) is 32.8 Å². The summed E-state index contributed by atoms with van der Waals surface area (Å²) in [6.45, 7) is 5.67. The van der Waals surface area contributed by atoms with Crippen molar-refractivity contribution in [1.82, 2.24) is 10.2 Å². The normalized spacial score (nSPS) is 16.5. The van der Waals surface area contributed by atoms with Crippen LogP contribution >= 0.6 is 27.3 Å². The maximum Gasteiger partial charge on any atom is 0.287 e. The van der Waals surface area contributed by atoms with E-state index in [9.17, 15) is 4.79 Å². The Morgan fingerprint density at radius 2 is 2.15 bits per heavy atom. The van der Waals surface area contributed by atoms with Crippen molar-refractivity contribution in [3.63, 3.8) is 0 Å². The van der Waals surface area contributed by atoms with Crippen LogP contribution in [0.2, 0.25) is 0 Å². The van der Waals surface area contributed by atoms with E-state index in [2.05, 4.69) is 43.7 Å². The van der Waals surface area contributed by atoms with E-state index in [1.165, 1.54) is 4.88 Å². The van der Waals surface area contributed by atoms with Crippen LogP contribution in [0.15, 0.2) is 44.6 Å². The number of thiophene rings is 1. The van der Waals surface area contributed by atoms with Crippen LogP contribution in [0.3, 0.4) is 0 Å². The van der Waals surface area contributed by atoms with Crippen molar-refractivity contribution in [3.05, 3.63) is 56.4 Å². The molecule has 1 atom stereocenters. The Kier molecular flexibility index (Phi) is 5.63. The van der Waals surface area contributed by atoms with E-state index in [4.69, 9.17) is 9.15 Å². The highest BCUT2D eigenvalue weighted by molar-refractivity contribution is 9.10. The number of rotatable bonds is 5. The zero-order valence-corrected chi connectivity index (χ0v) is 17.4. The van der Waals surface area contributed by atoms with Crippen molar-refractivity contribution in [2.45, 2.75) is 13.0 Å². The number of halogens is 1. The number of amides is 1. The maximum atomic E-state index is 12.8. The van der Waals surface area contributed by atoms with E-state index in [0.29, 0.717) is 12.3 Å². The lowest BCUT2D eigenvalue weighted by molar-refractivity contribution is 0.0168. The quantitative estimate of drug-likeness (QED) is 0.629. The Hall–Kier alpha value is -1.67. The molecule has 2 aromatic heterocycles. The predicted octanol–water partition coefficient (Wildman–Crippen LogP) is 4.37. The van der Waals surface area contributed by atoms with Crippen LogP contribution in [0, 0.1) is 6.92 Å². The Morgan fingerprint density at radius 3 is 2.89 bits per heavy atom. The van der Waals surface area contributed by atoms with Gasteiger partial charge in [0.05, 0.1) is 19.3 Å². The maximum absolute atomic E-state index is 12.8. The molecule has 1 aromatic carbocycles. The van der Waals surface area contributed by atoms with Gasteiger partial charge in [0.15, 0.2) is 5.76 Å². The molecule has 0 saturated carbocycles. The summed E-state index contributed by atoms with van der Waals surface area (Å²) in [6, 6.07) is 10.1. The molecule has 7 heteroatoms. The third kappa shape index (κ3) is 3.96. The molecule has 4 rings (SSSR count). The van der Waals surface area contributed by atoms with Gasteiger partial charge in [0.1, 0.15) is 5.58 Å². The minimum atomic E-state index is -0.172. The topological polar surface area (TPSA) is 54.7 Å². The minimum Gasteiger partial charge on any atom is -0.451 e. The number of ether oxygens (including phenoxy) is 1. The molecule has 3 heterocycles. The fraction of sp³-hybridized carbons (Fsp3) is 0.350. The molecule has 1 N–H and O–H groups in total. The first-order valence-electron chi connectivity index (χ1n) is 8.95. The lowest BCUT2D eigenvalue weighted by atomic mass is 10.1. The fourth-order valence-electron chi connectivity index (χ4n) is 3.46.